The molecule has 80 valence electrons. The second-order valence-electron chi connectivity index (χ2n) is 2.68. The lowest BCUT2D eigenvalue weighted by atomic mass is 10.5. The molecule has 0 aliphatic rings. The molecule has 4 nitrogen and oxygen atoms in total. The third-order valence-corrected chi connectivity index (χ3v) is 1.68. The van der Waals surface area contributed by atoms with Gasteiger partial charge in [-0.05, 0) is 0 Å². The summed E-state index contributed by atoms with van der Waals surface area (Å²) in [5, 5.41) is 0.327. The number of hydrogen-bond donors (Lipinski definition) is 0. The molecule has 0 aliphatic heterocycles. The first-order valence-electron chi connectivity index (χ1n) is 4.35. The Bertz CT molecular complexity index is 363. The number of ether oxygens (including phenoxy) is 2. The highest BCUT2D eigenvalue weighted by molar-refractivity contribution is 6.29. The van der Waals surface area contributed by atoms with Crippen molar-refractivity contribution in [2.24, 2.45) is 0 Å². The third kappa shape index (κ3) is 4.15. The Labute approximate surface area is 93.6 Å². The first-order valence-corrected chi connectivity index (χ1v) is 4.72. The molecule has 0 unspecified atom stereocenters. The molecule has 0 radical (unpaired) electrons. The summed E-state index contributed by atoms with van der Waals surface area (Å²) in [6.07, 6.45) is 5.62. The minimum absolute atomic E-state index is 0.298. The van der Waals surface area contributed by atoms with Crippen LogP contribution in [0.4, 0.5) is 0 Å². The molecule has 1 heterocycles. The molecule has 0 bridgehead atoms. The van der Waals surface area contributed by atoms with Gasteiger partial charge in [0.2, 0.25) is 5.88 Å². The van der Waals surface area contributed by atoms with Gasteiger partial charge in [0.1, 0.15) is 18.4 Å². The SMILES string of the molecule is C#CCCOc1cc(Cl)nc(COC)n1. The van der Waals surface area contributed by atoms with Gasteiger partial charge in [0, 0.05) is 19.6 Å². The van der Waals surface area contributed by atoms with Gasteiger partial charge in [-0.25, -0.2) is 4.98 Å². The van der Waals surface area contributed by atoms with Gasteiger partial charge in [0.25, 0.3) is 0 Å². The minimum atomic E-state index is 0.298. The number of halogens is 1. The number of rotatable bonds is 5. The Morgan fingerprint density at radius 2 is 2.33 bits per heavy atom. The van der Waals surface area contributed by atoms with Crippen LogP contribution in [0.2, 0.25) is 5.15 Å². The molecule has 0 aromatic carbocycles. The summed E-state index contributed by atoms with van der Waals surface area (Å²) < 4.78 is 10.2. The van der Waals surface area contributed by atoms with Crippen molar-refractivity contribution in [3.63, 3.8) is 0 Å². The fourth-order valence-electron chi connectivity index (χ4n) is 0.924. The van der Waals surface area contributed by atoms with Gasteiger partial charge in [-0.15, -0.1) is 12.3 Å². The van der Waals surface area contributed by atoms with E-state index in [4.69, 9.17) is 27.5 Å². The highest BCUT2D eigenvalue weighted by Gasteiger charge is 2.03. The van der Waals surface area contributed by atoms with Crippen molar-refractivity contribution >= 4 is 11.6 Å². The molecule has 1 rings (SSSR count). The largest absolute Gasteiger partial charge is 0.477 e. The van der Waals surface area contributed by atoms with Crippen LogP contribution in [0.3, 0.4) is 0 Å². The monoisotopic (exact) mass is 226 g/mol. The summed E-state index contributed by atoms with van der Waals surface area (Å²) in [7, 11) is 1.56. The lowest BCUT2D eigenvalue weighted by Crippen LogP contribution is -2.03. The van der Waals surface area contributed by atoms with Crippen molar-refractivity contribution in [1.29, 1.82) is 0 Å². The van der Waals surface area contributed by atoms with Crippen LogP contribution in [-0.2, 0) is 11.3 Å². The van der Waals surface area contributed by atoms with E-state index < -0.39 is 0 Å². The van der Waals surface area contributed by atoms with Crippen LogP contribution in [0.25, 0.3) is 0 Å². The van der Waals surface area contributed by atoms with E-state index in [1.165, 1.54) is 6.07 Å². The van der Waals surface area contributed by atoms with E-state index >= 15 is 0 Å². The Morgan fingerprint density at radius 3 is 3.00 bits per heavy atom. The van der Waals surface area contributed by atoms with Crippen molar-refractivity contribution in [3.8, 4) is 18.2 Å². The molecule has 5 heteroatoms. The Kier molecular flexibility index (Phi) is 4.88. The quantitative estimate of drug-likeness (QED) is 0.435. The summed E-state index contributed by atoms with van der Waals surface area (Å²) in [6, 6.07) is 1.54. The molecule has 1 aromatic heterocycles. The van der Waals surface area contributed by atoms with Crippen LogP contribution < -0.4 is 4.74 Å². The van der Waals surface area contributed by atoms with Crippen LogP contribution in [-0.4, -0.2) is 23.7 Å². The van der Waals surface area contributed by atoms with Crippen molar-refractivity contribution in [1.82, 2.24) is 9.97 Å². The van der Waals surface area contributed by atoms with Gasteiger partial charge in [0.15, 0.2) is 5.82 Å². The summed E-state index contributed by atoms with van der Waals surface area (Å²) in [4.78, 5) is 8.04. The normalized spacial score (nSPS) is 9.67. The summed E-state index contributed by atoms with van der Waals surface area (Å²) >= 11 is 5.77. The van der Waals surface area contributed by atoms with Crippen molar-refractivity contribution in [3.05, 3.63) is 17.0 Å². The van der Waals surface area contributed by atoms with E-state index in [-0.39, 0.29) is 0 Å². The average molecular weight is 227 g/mol. The molecule has 0 amide bonds. The fourth-order valence-corrected chi connectivity index (χ4v) is 1.11. The van der Waals surface area contributed by atoms with E-state index in [1.807, 2.05) is 0 Å². The van der Waals surface area contributed by atoms with Crippen molar-refractivity contribution in [2.45, 2.75) is 13.0 Å². The number of terminal acetylenes is 1. The van der Waals surface area contributed by atoms with E-state index in [0.29, 0.717) is 36.5 Å². The van der Waals surface area contributed by atoms with Gasteiger partial charge in [-0.3, -0.25) is 0 Å². The maximum atomic E-state index is 5.77. The van der Waals surface area contributed by atoms with Gasteiger partial charge < -0.3 is 9.47 Å². The second kappa shape index (κ2) is 6.23. The van der Waals surface area contributed by atoms with E-state index in [0.717, 1.165) is 0 Å². The topological polar surface area (TPSA) is 44.2 Å². The first-order chi connectivity index (χ1) is 7.26. The van der Waals surface area contributed by atoms with Gasteiger partial charge in [0.05, 0.1) is 0 Å². The maximum absolute atomic E-state index is 5.77. The molecule has 0 N–H and O–H groups in total. The van der Waals surface area contributed by atoms with Crippen molar-refractivity contribution < 1.29 is 9.47 Å². The molecule has 0 saturated heterocycles. The molecule has 0 aliphatic carbocycles. The number of nitrogens with zero attached hydrogens (tertiary/aromatic N) is 2. The van der Waals surface area contributed by atoms with E-state index in [2.05, 4.69) is 15.9 Å². The molecule has 0 saturated carbocycles. The minimum Gasteiger partial charge on any atom is -0.477 e. The van der Waals surface area contributed by atoms with Crippen LogP contribution in [0.5, 0.6) is 5.88 Å². The molecule has 1 aromatic rings. The van der Waals surface area contributed by atoms with E-state index in [1.54, 1.807) is 7.11 Å². The Balaban J connectivity index is 2.67. The maximum Gasteiger partial charge on any atom is 0.218 e. The third-order valence-electron chi connectivity index (χ3n) is 1.49. The predicted octanol–water partition coefficient (Wildman–Crippen LogP) is 1.68. The smallest absolute Gasteiger partial charge is 0.218 e. The Morgan fingerprint density at radius 1 is 1.53 bits per heavy atom. The molecule has 0 fully saturated rings. The van der Waals surface area contributed by atoms with Gasteiger partial charge in [-0.2, -0.15) is 4.98 Å². The lowest BCUT2D eigenvalue weighted by Gasteiger charge is -2.05. The van der Waals surface area contributed by atoms with Crippen LogP contribution in [0.15, 0.2) is 6.07 Å². The highest BCUT2D eigenvalue weighted by atomic mass is 35.5. The van der Waals surface area contributed by atoms with E-state index in [9.17, 15) is 0 Å². The highest BCUT2D eigenvalue weighted by Crippen LogP contribution is 2.14. The number of aromatic nitrogens is 2. The fraction of sp³-hybridized carbons (Fsp3) is 0.400. The zero-order chi connectivity index (χ0) is 11.1. The molecule has 0 atom stereocenters. The second-order valence-corrected chi connectivity index (χ2v) is 3.07. The zero-order valence-electron chi connectivity index (χ0n) is 8.36. The summed E-state index contributed by atoms with van der Waals surface area (Å²) in [5.41, 5.74) is 0. The standard InChI is InChI=1S/C10H11ClN2O2/c1-3-4-5-15-10-6-8(11)12-9(13-10)7-14-2/h1,6H,4-5,7H2,2H3. The summed E-state index contributed by atoms with van der Waals surface area (Å²) in [6.45, 7) is 0.711. The molecule has 0 spiro atoms. The molecular weight excluding hydrogens is 216 g/mol. The average Bonchev–Trinajstić information content (AvgIpc) is 2.18. The predicted molar refractivity (Wildman–Crippen MR) is 56.7 cm³/mol. The lowest BCUT2D eigenvalue weighted by molar-refractivity contribution is 0.176. The van der Waals surface area contributed by atoms with Crippen LogP contribution in [0, 0.1) is 12.3 Å². The van der Waals surface area contributed by atoms with Crippen LogP contribution in [0.1, 0.15) is 12.2 Å². The first kappa shape index (κ1) is 11.8. The van der Waals surface area contributed by atoms with Crippen molar-refractivity contribution in [2.75, 3.05) is 13.7 Å². The number of hydrogen-bond acceptors (Lipinski definition) is 4. The molecule has 15 heavy (non-hydrogen) atoms. The van der Waals surface area contributed by atoms with Crippen LogP contribution >= 0.6 is 11.6 Å². The van der Waals surface area contributed by atoms with Gasteiger partial charge >= 0.3 is 0 Å². The summed E-state index contributed by atoms with van der Waals surface area (Å²) in [5.74, 6) is 3.37. The molecular formula is C10H11ClN2O2. The Hall–Kier alpha value is -1.31. The number of methoxy groups -OCH3 is 1. The van der Waals surface area contributed by atoms with Gasteiger partial charge in [-0.1, -0.05) is 11.6 Å². The zero-order valence-corrected chi connectivity index (χ0v) is 9.12.